The van der Waals surface area contributed by atoms with Gasteiger partial charge >= 0.3 is 0 Å². The molecule has 1 saturated carbocycles. The summed E-state index contributed by atoms with van der Waals surface area (Å²) in [5, 5.41) is 9.26. The summed E-state index contributed by atoms with van der Waals surface area (Å²) < 4.78 is 2.33. The molecule has 0 spiro atoms. The number of fused-ring (bicyclic) bond motifs is 4. The fraction of sp³-hybridized carbons (Fsp3) is 0.321. The lowest BCUT2D eigenvalue weighted by molar-refractivity contribution is -0.117. The van der Waals surface area contributed by atoms with E-state index >= 15 is 0 Å². The molecule has 1 aliphatic carbocycles. The Morgan fingerprint density at radius 2 is 1.64 bits per heavy atom. The number of benzene rings is 3. The lowest BCUT2D eigenvalue weighted by Crippen LogP contribution is -2.36. The standard InChI is InChI=1S/C28H30N4O/c1-2-32-25-11-7-6-10-21(25)22-14-20(12-13-26(22)32)30-27(33)18-31-16-23-24(17-31)28(23)29-15-19-8-4-3-5-9-19/h3-14,23-24,28-29H,2,15-18H2,1H3,(H,30,33). The van der Waals surface area contributed by atoms with Gasteiger partial charge in [0.25, 0.3) is 0 Å². The molecule has 1 saturated heterocycles. The molecule has 2 heterocycles. The van der Waals surface area contributed by atoms with Crippen LogP contribution in [-0.2, 0) is 17.9 Å². The number of aromatic nitrogens is 1. The van der Waals surface area contributed by atoms with Crippen molar-refractivity contribution in [3.63, 3.8) is 0 Å². The van der Waals surface area contributed by atoms with E-state index in [9.17, 15) is 4.79 Å². The smallest absolute Gasteiger partial charge is 0.238 e. The van der Waals surface area contributed by atoms with Gasteiger partial charge in [-0.1, -0.05) is 48.5 Å². The van der Waals surface area contributed by atoms with E-state index in [1.54, 1.807) is 0 Å². The van der Waals surface area contributed by atoms with E-state index in [1.807, 2.05) is 6.07 Å². The predicted molar refractivity (Wildman–Crippen MR) is 134 cm³/mol. The van der Waals surface area contributed by atoms with Gasteiger partial charge in [-0.25, -0.2) is 0 Å². The molecule has 2 aliphatic rings. The Balaban J connectivity index is 1.06. The van der Waals surface area contributed by atoms with Crippen LogP contribution in [0.3, 0.4) is 0 Å². The van der Waals surface area contributed by atoms with Gasteiger partial charge in [0.1, 0.15) is 0 Å². The third-order valence-corrected chi connectivity index (χ3v) is 7.39. The van der Waals surface area contributed by atoms with E-state index in [0.29, 0.717) is 24.4 Å². The maximum atomic E-state index is 12.8. The number of nitrogens with one attached hydrogen (secondary N) is 2. The molecule has 3 aromatic carbocycles. The Bertz CT molecular complexity index is 1300. The molecule has 2 N–H and O–H groups in total. The van der Waals surface area contributed by atoms with Crippen LogP contribution in [0, 0.1) is 11.8 Å². The lowest BCUT2D eigenvalue weighted by atomic mass is 10.1. The summed E-state index contributed by atoms with van der Waals surface area (Å²) in [7, 11) is 0. The summed E-state index contributed by atoms with van der Waals surface area (Å²) in [6, 6.07) is 25.9. The largest absolute Gasteiger partial charge is 0.341 e. The quantitative estimate of drug-likeness (QED) is 0.448. The van der Waals surface area contributed by atoms with Gasteiger partial charge in [-0.2, -0.15) is 0 Å². The van der Waals surface area contributed by atoms with Crippen molar-refractivity contribution < 1.29 is 4.79 Å². The Morgan fingerprint density at radius 1 is 0.909 bits per heavy atom. The summed E-state index contributed by atoms with van der Waals surface area (Å²) in [5.41, 5.74) is 4.66. The zero-order valence-corrected chi connectivity index (χ0v) is 19.0. The van der Waals surface area contributed by atoms with Gasteiger partial charge in [0, 0.05) is 59.7 Å². The number of para-hydroxylation sites is 1. The fourth-order valence-corrected chi connectivity index (χ4v) is 5.75. The molecule has 5 nitrogen and oxygen atoms in total. The number of carbonyl (C=O) groups excluding carboxylic acids is 1. The maximum absolute atomic E-state index is 12.8. The molecule has 1 aliphatic heterocycles. The van der Waals surface area contributed by atoms with E-state index in [4.69, 9.17) is 0 Å². The zero-order chi connectivity index (χ0) is 22.4. The van der Waals surface area contributed by atoms with Crippen LogP contribution < -0.4 is 10.6 Å². The molecule has 1 amide bonds. The number of piperidine rings is 1. The number of aryl methyl sites for hydroxylation is 1. The number of nitrogens with zero attached hydrogens (tertiary/aromatic N) is 2. The van der Waals surface area contributed by atoms with E-state index < -0.39 is 0 Å². The van der Waals surface area contributed by atoms with Crippen molar-refractivity contribution in [2.24, 2.45) is 11.8 Å². The molecule has 33 heavy (non-hydrogen) atoms. The van der Waals surface area contributed by atoms with Crippen molar-refractivity contribution in [1.82, 2.24) is 14.8 Å². The molecule has 6 rings (SSSR count). The van der Waals surface area contributed by atoms with Crippen LogP contribution in [-0.4, -0.2) is 41.1 Å². The molecule has 2 unspecified atom stereocenters. The van der Waals surface area contributed by atoms with Crippen molar-refractivity contribution in [3.05, 3.63) is 78.4 Å². The van der Waals surface area contributed by atoms with Crippen molar-refractivity contribution in [2.75, 3.05) is 25.0 Å². The fourth-order valence-electron chi connectivity index (χ4n) is 5.75. The third kappa shape index (κ3) is 3.81. The van der Waals surface area contributed by atoms with Crippen LogP contribution in [0.5, 0.6) is 0 Å². The topological polar surface area (TPSA) is 49.3 Å². The van der Waals surface area contributed by atoms with E-state index in [0.717, 1.165) is 31.9 Å². The summed E-state index contributed by atoms with van der Waals surface area (Å²) in [4.78, 5) is 15.1. The molecule has 5 heteroatoms. The van der Waals surface area contributed by atoms with Crippen molar-refractivity contribution in [3.8, 4) is 0 Å². The van der Waals surface area contributed by atoms with Gasteiger partial charge < -0.3 is 15.2 Å². The summed E-state index contributed by atoms with van der Waals surface area (Å²) in [6.45, 7) is 6.50. The second kappa shape index (κ2) is 8.32. The zero-order valence-electron chi connectivity index (χ0n) is 19.0. The lowest BCUT2D eigenvalue weighted by Gasteiger charge is -2.19. The first-order valence-electron chi connectivity index (χ1n) is 12.0. The SMILES string of the molecule is CCn1c2ccccc2c2cc(NC(=O)CN3CC4C(C3)C4NCc3ccccc3)ccc21. The second-order valence-corrected chi connectivity index (χ2v) is 9.46. The monoisotopic (exact) mass is 438 g/mol. The van der Waals surface area contributed by atoms with Gasteiger partial charge in [0.2, 0.25) is 5.91 Å². The van der Waals surface area contributed by atoms with Crippen LogP contribution in [0.1, 0.15) is 12.5 Å². The number of amides is 1. The summed E-state index contributed by atoms with van der Waals surface area (Å²) in [5.74, 6) is 1.43. The molecular formula is C28H30N4O. The Hall–Kier alpha value is -3.15. The molecule has 4 aromatic rings. The second-order valence-electron chi connectivity index (χ2n) is 9.46. The van der Waals surface area contributed by atoms with E-state index in [2.05, 4.69) is 93.8 Å². The average molecular weight is 439 g/mol. The first-order valence-corrected chi connectivity index (χ1v) is 12.0. The van der Waals surface area contributed by atoms with Gasteiger partial charge in [0.15, 0.2) is 0 Å². The van der Waals surface area contributed by atoms with Gasteiger partial charge in [-0.15, -0.1) is 0 Å². The van der Waals surface area contributed by atoms with E-state index in [-0.39, 0.29) is 5.91 Å². The van der Waals surface area contributed by atoms with E-state index in [1.165, 1.54) is 27.4 Å². The molecule has 0 bridgehead atoms. The molecular weight excluding hydrogens is 408 g/mol. The minimum atomic E-state index is 0.0728. The van der Waals surface area contributed by atoms with Crippen LogP contribution in [0.2, 0.25) is 0 Å². The molecule has 2 fully saturated rings. The summed E-state index contributed by atoms with van der Waals surface area (Å²) >= 11 is 0. The normalized spacial score (nSPS) is 22.0. The predicted octanol–water partition coefficient (Wildman–Crippen LogP) is 4.47. The van der Waals surface area contributed by atoms with Gasteiger partial charge in [-0.05, 0) is 48.6 Å². The maximum Gasteiger partial charge on any atom is 0.238 e. The van der Waals surface area contributed by atoms with Crippen molar-refractivity contribution >= 4 is 33.4 Å². The highest BCUT2D eigenvalue weighted by Crippen LogP contribution is 2.45. The first-order chi connectivity index (χ1) is 16.2. The Morgan fingerprint density at radius 3 is 2.42 bits per heavy atom. The van der Waals surface area contributed by atoms with Gasteiger partial charge in [-0.3, -0.25) is 9.69 Å². The number of carbonyl (C=O) groups is 1. The molecule has 2 atom stereocenters. The van der Waals surface area contributed by atoms with Crippen molar-refractivity contribution in [2.45, 2.75) is 26.1 Å². The average Bonchev–Trinajstić information content (AvgIpc) is 3.15. The molecule has 0 radical (unpaired) electrons. The van der Waals surface area contributed by atoms with Crippen LogP contribution in [0.25, 0.3) is 21.8 Å². The highest BCUT2D eigenvalue weighted by Gasteiger charge is 2.55. The Kier molecular flexibility index (Phi) is 5.16. The van der Waals surface area contributed by atoms with Crippen LogP contribution in [0.15, 0.2) is 72.8 Å². The highest BCUT2D eigenvalue weighted by atomic mass is 16.2. The van der Waals surface area contributed by atoms with Crippen LogP contribution in [0.4, 0.5) is 5.69 Å². The number of anilines is 1. The number of hydrogen-bond acceptors (Lipinski definition) is 3. The third-order valence-electron chi connectivity index (χ3n) is 7.39. The Labute approximate surface area is 194 Å². The summed E-state index contributed by atoms with van der Waals surface area (Å²) in [6.07, 6.45) is 0. The minimum Gasteiger partial charge on any atom is -0.341 e. The number of hydrogen-bond donors (Lipinski definition) is 2. The van der Waals surface area contributed by atoms with Crippen LogP contribution >= 0.6 is 0 Å². The number of rotatable bonds is 7. The minimum absolute atomic E-state index is 0.0728. The first kappa shape index (κ1) is 20.5. The van der Waals surface area contributed by atoms with Crippen molar-refractivity contribution in [1.29, 1.82) is 0 Å². The highest BCUT2D eigenvalue weighted by molar-refractivity contribution is 6.09. The molecule has 1 aromatic heterocycles. The number of likely N-dealkylation sites (tertiary alicyclic amines) is 1. The molecule has 168 valence electrons. The van der Waals surface area contributed by atoms with Gasteiger partial charge in [0.05, 0.1) is 6.54 Å².